The lowest BCUT2D eigenvalue weighted by atomic mass is 9.38. The average molecular weight is 461 g/mol. The molecule has 5 aliphatic rings. The van der Waals surface area contributed by atoms with Crippen LogP contribution in [0.15, 0.2) is 0 Å². The Labute approximate surface area is 200 Å². The molecule has 1 spiro atoms. The Bertz CT molecular complexity index is 820. The lowest BCUT2D eigenvalue weighted by Gasteiger charge is -2.72. The molecule has 0 aromatic rings. The number of rotatable bonds is 3. The second kappa shape index (κ2) is 7.68. The molecule has 5 rings (SSSR count). The topological polar surface area (TPSA) is 57.2 Å². The van der Waals surface area contributed by atoms with Crippen LogP contribution < -0.4 is 0 Å². The molecule has 0 amide bonds. The van der Waals surface area contributed by atoms with E-state index in [0.29, 0.717) is 24.4 Å². The van der Waals surface area contributed by atoms with Gasteiger partial charge in [-0.25, -0.2) is 0 Å². The third-order valence-corrected chi connectivity index (χ3v) is 10.9. The van der Waals surface area contributed by atoms with Gasteiger partial charge in [-0.3, -0.25) is 0 Å². The smallest absolute Gasteiger partial charge is 0.163 e. The van der Waals surface area contributed by atoms with Gasteiger partial charge in [-0.05, 0) is 82.5 Å². The Morgan fingerprint density at radius 2 is 1.88 bits per heavy atom. The molecule has 1 heterocycles. The van der Waals surface area contributed by atoms with Crippen molar-refractivity contribution in [2.75, 3.05) is 20.5 Å². The first kappa shape index (κ1) is 24.1. The molecule has 0 aromatic heterocycles. The maximum atomic E-state index is 12.4. The van der Waals surface area contributed by atoms with Crippen molar-refractivity contribution in [2.24, 2.45) is 40.4 Å². The van der Waals surface area contributed by atoms with Crippen LogP contribution in [-0.4, -0.2) is 48.7 Å². The summed E-state index contributed by atoms with van der Waals surface area (Å²) in [6.07, 6.45) is 12.5. The van der Waals surface area contributed by atoms with Gasteiger partial charge in [0, 0.05) is 18.4 Å². The summed E-state index contributed by atoms with van der Waals surface area (Å²) in [7, 11) is 1.70. The number of methoxy groups -OCH3 is 1. The standard InChI is InChI=1S/C28H44O5/c1-8-20-9-12-28(32-17-30-7)21-10-11-26(29)14-18(2)13-22-27(26,16-31-24(4,5)33-22)23(21)19(3)15-25(20,28)6/h1,18-23,29H,9-17H2,2-7H3/t18-,19+,20-,21?,22+,23?,25+,26-,27+,28-/m0/s1. The number of ether oxygens (including phenoxy) is 4. The Balaban J connectivity index is 1.64. The highest BCUT2D eigenvalue weighted by Crippen LogP contribution is 2.73. The molecule has 5 heteroatoms. The van der Waals surface area contributed by atoms with Crippen LogP contribution >= 0.6 is 0 Å². The zero-order valence-electron chi connectivity index (χ0n) is 21.5. The van der Waals surface area contributed by atoms with E-state index in [4.69, 9.17) is 25.4 Å². The number of fused-ring (bicyclic) bond motifs is 3. The van der Waals surface area contributed by atoms with Crippen LogP contribution in [0.4, 0.5) is 0 Å². The molecule has 1 N–H and O–H groups in total. The lowest BCUT2D eigenvalue weighted by Crippen LogP contribution is -2.76. The zero-order valence-corrected chi connectivity index (χ0v) is 21.5. The van der Waals surface area contributed by atoms with Crippen molar-refractivity contribution < 1.29 is 24.1 Å². The highest BCUT2D eigenvalue weighted by molar-refractivity contribution is 5.26. The lowest BCUT2D eigenvalue weighted by molar-refractivity contribution is -0.399. The molecule has 1 aliphatic heterocycles. The van der Waals surface area contributed by atoms with Crippen LogP contribution in [0.3, 0.4) is 0 Å². The fourth-order valence-corrected chi connectivity index (χ4v) is 9.84. The van der Waals surface area contributed by atoms with Crippen LogP contribution in [0.2, 0.25) is 0 Å². The van der Waals surface area contributed by atoms with E-state index in [1.54, 1.807) is 7.11 Å². The summed E-state index contributed by atoms with van der Waals surface area (Å²) in [5.74, 6) is 4.09. The molecule has 10 atom stereocenters. The third-order valence-electron chi connectivity index (χ3n) is 10.9. The molecular formula is C28H44O5. The second-order valence-electron chi connectivity index (χ2n) is 12.9. The van der Waals surface area contributed by atoms with Crippen molar-refractivity contribution in [3.63, 3.8) is 0 Å². The number of aliphatic hydroxyl groups is 1. The van der Waals surface area contributed by atoms with Crippen LogP contribution in [-0.2, 0) is 18.9 Å². The van der Waals surface area contributed by atoms with E-state index in [2.05, 4.69) is 26.7 Å². The molecule has 5 nitrogen and oxygen atoms in total. The Morgan fingerprint density at radius 3 is 2.58 bits per heavy atom. The molecule has 0 bridgehead atoms. The van der Waals surface area contributed by atoms with E-state index in [-0.39, 0.29) is 35.7 Å². The van der Waals surface area contributed by atoms with Crippen LogP contribution in [0.1, 0.15) is 79.6 Å². The van der Waals surface area contributed by atoms with Crippen molar-refractivity contribution in [3.05, 3.63) is 0 Å². The van der Waals surface area contributed by atoms with Gasteiger partial charge in [-0.2, -0.15) is 0 Å². The van der Waals surface area contributed by atoms with Crippen molar-refractivity contribution in [3.8, 4) is 12.3 Å². The maximum absolute atomic E-state index is 12.4. The quantitative estimate of drug-likeness (QED) is 0.486. The normalized spacial score (nSPS) is 55.0. The van der Waals surface area contributed by atoms with E-state index in [1.165, 1.54) is 0 Å². The molecule has 5 fully saturated rings. The second-order valence-corrected chi connectivity index (χ2v) is 12.9. The van der Waals surface area contributed by atoms with E-state index >= 15 is 0 Å². The molecule has 0 aromatic carbocycles. The minimum Gasteiger partial charge on any atom is -0.389 e. The van der Waals surface area contributed by atoms with Gasteiger partial charge >= 0.3 is 0 Å². The molecule has 186 valence electrons. The van der Waals surface area contributed by atoms with Gasteiger partial charge in [0.15, 0.2) is 5.79 Å². The summed E-state index contributed by atoms with van der Waals surface area (Å²) < 4.78 is 25.3. The highest BCUT2D eigenvalue weighted by Gasteiger charge is 2.76. The van der Waals surface area contributed by atoms with Gasteiger partial charge < -0.3 is 24.1 Å². The van der Waals surface area contributed by atoms with Gasteiger partial charge in [0.1, 0.15) is 6.79 Å². The fraction of sp³-hybridized carbons (Fsp3) is 0.929. The predicted molar refractivity (Wildman–Crippen MR) is 126 cm³/mol. The molecule has 4 aliphatic carbocycles. The maximum Gasteiger partial charge on any atom is 0.163 e. The Kier molecular flexibility index (Phi) is 5.60. The van der Waals surface area contributed by atoms with Crippen molar-refractivity contribution in [1.82, 2.24) is 0 Å². The minimum atomic E-state index is -0.776. The van der Waals surface area contributed by atoms with E-state index in [0.717, 1.165) is 44.9 Å². The number of terminal acetylenes is 1. The summed E-state index contributed by atoms with van der Waals surface area (Å²) in [6, 6.07) is 0. The highest BCUT2D eigenvalue weighted by atomic mass is 16.7. The molecule has 4 saturated carbocycles. The largest absolute Gasteiger partial charge is 0.389 e. The van der Waals surface area contributed by atoms with Crippen LogP contribution in [0.5, 0.6) is 0 Å². The van der Waals surface area contributed by atoms with Crippen molar-refractivity contribution in [2.45, 2.75) is 103 Å². The summed E-state index contributed by atoms with van der Waals surface area (Å²) in [5.41, 5.74) is -1.63. The van der Waals surface area contributed by atoms with Gasteiger partial charge in [-0.15, -0.1) is 12.3 Å². The molecule has 1 saturated heterocycles. The average Bonchev–Trinajstić information content (AvgIpc) is 3.01. The first-order valence-electron chi connectivity index (χ1n) is 13.1. The minimum absolute atomic E-state index is 0.0149. The summed E-state index contributed by atoms with van der Waals surface area (Å²) >= 11 is 0. The van der Waals surface area contributed by atoms with Crippen LogP contribution in [0, 0.1) is 52.8 Å². The number of hydrogen-bond donors (Lipinski definition) is 1. The molecular weight excluding hydrogens is 416 g/mol. The van der Waals surface area contributed by atoms with E-state index < -0.39 is 16.8 Å². The van der Waals surface area contributed by atoms with Crippen molar-refractivity contribution >= 4 is 0 Å². The first-order valence-corrected chi connectivity index (χ1v) is 13.1. The Hall–Kier alpha value is -0.640. The monoisotopic (exact) mass is 460 g/mol. The van der Waals surface area contributed by atoms with Gasteiger partial charge in [0.05, 0.1) is 29.3 Å². The summed E-state index contributed by atoms with van der Waals surface area (Å²) in [6.45, 7) is 11.9. The molecule has 2 unspecified atom stereocenters. The molecule has 0 radical (unpaired) electrons. The van der Waals surface area contributed by atoms with Crippen LogP contribution in [0.25, 0.3) is 0 Å². The Morgan fingerprint density at radius 1 is 1.12 bits per heavy atom. The van der Waals surface area contributed by atoms with E-state index in [1.807, 2.05) is 13.8 Å². The molecule has 33 heavy (non-hydrogen) atoms. The van der Waals surface area contributed by atoms with Gasteiger partial charge in [-0.1, -0.05) is 20.8 Å². The predicted octanol–water partition coefficient (Wildman–Crippen LogP) is 4.76. The van der Waals surface area contributed by atoms with E-state index in [9.17, 15) is 5.11 Å². The fourth-order valence-electron chi connectivity index (χ4n) is 9.84. The zero-order chi connectivity index (χ0) is 23.9. The first-order chi connectivity index (χ1) is 15.5. The van der Waals surface area contributed by atoms with Gasteiger partial charge in [0.2, 0.25) is 0 Å². The van der Waals surface area contributed by atoms with Gasteiger partial charge in [0.25, 0.3) is 0 Å². The third kappa shape index (κ3) is 3.04. The SMILES string of the molecule is C#C[C@H]1CC[C@]2(OCOC)C3CC[C@]4(O)C[C@@H](C)C[C@H]5OC(C)(C)OC[C@]54C3[C@H](C)C[C@]12C. The summed E-state index contributed by atoms with van der Waals surface area (Å²) in [4.78, 5) is 0. The van der Waals surface area contributed by atoms with Crippen molar-refractivity contribution in [1.29, 1.82) is 0 Å². The summed E-state index contributed by atoms with van der Waals surface area (Å²) in [5, 5.41) is 12.4. The number of hydrogen-bond acceptors (Lipinski definition) is 5.